The van der Waals surface area contributed by atoms with Gasteiger partial charge >= 0.3 is 5.70 Å². The van der Waals surface area contributed by atoms with Gasteiger partial charge in [0.25, 0.3) is 0 Å². The maximum Gasteiger partial charge on any atom is 0.314 e. The molecule has 0 N–H and O–H groups in total. The van der Waals surface area contributed by atoms with Crippen molar-refractivity contribution in [2.75, 3.05) is 13.1 Å². The highest BCUT2D eigenvalue weighted by atomic mass is 35.5. The Balaban J connectivity index is 1.61. The van der Waals surface area contributed by atoms with Crippen molar-refractivity contribution in [1.29, 1.82) is 0 Å². The second-order valence-corrected chi connectivity index (χ2v) is 7.09. The van der Waals surface area contributed by atoms with Gasteiger partial charge < -0.3 is 9.32 Å². The summed E-state index contributed by atoms with van der Waals surface area (Å²) in [7, 11) is 0. The van der Waals surface area contributed by atoms with E-state index in [1.807, 2.05) is 0 Å². The molecular formula is C21H15ClF2N4O3. The van der Waals surface area contributed by atoms with E-state index >= 15 is 0 Å². The Morgan fingerprint density at radius 3 is 2.84 bits per heavy atom. The average Bonchev–Trinajstić information content (AvgIpc) is 3.39. The van der Waals surface area contributed by atoms with Crippen LogP contribution in [-0.2, 0) is 6.54 Å². The second kappa shape index (κ2) is 8.65. The minimum absolute atomic E-state index is 0.0587. The van der Waals surface area contributed by atoms with Gasteiger partial charge in [0.15, 0.2) is 11.6 Å². The van der Waals surface area contributed by atoms with Crippen LogP contribution in [0.5, 0.6) is 0 Å². The zero-order valence-corrected chi connectivity index (χ0v) is 16.7. The van der Waals surface area contributed by atoms with Crippen LogP contribution in [0.3, 0.4) is 0 Å². The van der Waals surface area contributed by atoms with E-state index in [9.17, 15) is 18.9 Å². The van der Waals surface area contributed by atoms with Crippen LogP contribution in [0.2, 0.25) is 5.15 Å². The Hall–Kier alpha value is -3.59. The van der Waals surface area contributed by atoms with Crippen LogP contribution in [0.15, 0.2) is 63.8 Å². The molecule has 158 valence electrons. The molecule has 0 atom stereocenters. The van der Waals surface area contributed by atoms with Crippen LogP contribution in [-0.4, -0.2) is 33.7 Å². The second-order valence-electron chi connectivity index (χ2n) is 6.71. The highest BCUT2D eigenvalue weighted by Crippen LogP contribution is 2.28. The highest BCUT2D eigenvalue weighted by molar-refractivity contribution is 6.29. The molecule has 0 saturated heterocycles. The van der Waals surface area contributed by atoms with Crippen LogP contribution in [0, 0.1) is 21.7 Å². The van der Waals surface area contributed by atoms with Gasteiger partial charge in [0, 0.05) is 19.3 Å². The minimum atomic E-state index is -1.05. The molecule has 10 heteroatoms. The molecule has 7 nitrogen and oxygen atoms in total. The first-order chi connectivity index (χ1) is 14.9. The van der Waals surface area contributed by atoms with E-state index in [-0.39, 0.29) is 28.6 Å². The Labute approximate surface area is 180 Å². The van der Waals surface area contributed by atoms with E-state index in [0.29, 0.717) is 24.8 Å². The number of rotatable bonds is 6. The van der Waals surface area contributed by atoms with Gasteiger partial charge in [-0.2, -0.15) is 0 Å². The van der Waals surface area contributed by atoms with Gasteiger partial charge in [0.1, 0.15) is 16.7 Å². The lowest BCUT2D eigenvalue weighted by Crippen LogP contribution is -2.30. The lowest BCUT2D eigenvalue weighted by molar-refractivity contribution is -0.414. The van der Waals surface area contributed by atoms with Crippen molar-refractivity contribution in [1.82, 2.24) is 9.88 Å². The number of nitro groups is 1. The van der Waals surface area contributed by atoms with E-state index in [0.717, 1.165) is 11.6 Å². The van der Waals surface area contributed by atoms with Gasteiger partial charge in [-0.1, -0.05) is 23.7 Å². The topological polar surface area (TPSA) is 84.8 Å². The normalized spacial score (nSPS) is 14.1. The maximum atomic E-state index is 14.0. The average molecular weight is 445 g/mol. The van der Waals surface area contributed by atoms with Crippen molar-refractivity contribution in [2.24, 2.45) is 4.99 Å². The Morgan fingerprint density at radius 1 is 1.26 bits per heavy atom. The SMILES string of the molecule is O=[N+]([O-])/C(=C/c1ccc(-c2cccc(F)c2F)o1)C1=NCCN1Cc1ccc(Cl)nc1. The first kappa shape index (κ1) is 20.7. The molecule has 2 aromatic heterocycles. The molecule has 1 aliphatic heterocycles. The van der Waals surface area contributed by atoms with Crippen molar-refractivity contribution in [3.8, 4) is 11.3 Å². The number of benzene rings is 1. The summed E-state index contributed by atoms with van der Waals surface area (Å²) in [4.78, 5) is 21.3. The summed E-state index contributed by atoms with van der Waals surface area (Å²) in [6.07, 6.45) is 2.82. The molecule has 4 rings (SSSR count). The molecule has 0 fully saturated rings. The predicted molar refractivity (Wildman–Crippen MR) is 111 cm³/mol. The standard InChI is InChI=1S/C21H15ClF2N4O3/c22-19-7-4-13(11-26-19)12-27-9-8-25-21(27)17(28(29)30)10-14-5-6-18(31-14)15-2-1-3-16(23)20(15)24/h1-7,10-11H,8-9,12H2/b17-10+. The van der Waals surface area contributed by atoms with E-state index in [1.165, 1.54) is 30.3 Å². The van der Waals surface area contributed by atoms with Crippen LogP contribution in [0.4, 0.5) is 8.78 Å². The molecule has 3 heterocycles. The summed E-state index contributed by atoms with van der Waals surface area (Å²) in [5.41, 5.74) is 0.487. The number of pyridine rings is 1. The van der Waals surface area contributed by atoms with Crippen molar-refractivity contribution < 1.29 is 18.1 Å². The van der Waals surface area contributed by atoms with Crippen molar-refractivity contribution >= 4 is 23.5 Å². The Kier molecular flexibility index (Phi) is 5.77. The smallest absolute Gasteiger partial charge is 0.314 e. The monoisotopic (exact) mass is 444 g/mol. The van der Waals surface area contributed by atoms with E-state index < -0.39 is 16.6 Å². The summed E-state index contributed by atoms with van der Waals surface area (Å²) < 4.78 is 33.0. The van der Waals surface area contributed by atoms with E-state index in [2.05, 4.69) is 9.98 Å². The minimum Gasteiger partial charge on any atom is -0.456 e. The fourth-order valence-electron chi connectivity index (χ4n) is 3.20. The van der Waals surface area contributed by atoms with Crippen LogP contribution in [0.1, 0.15) is 11.3 Å². The quantitative estimate of drug-likeness (QED) is 0.309. The third kappa shape index (κ3) is 4.46. The zero-order valence-electron chi connectivity index (χ0n) is 16.0. The molecule has 1 aliphatic rings. The number of furan rings is 1. The number of amidine groups is 1. The molecule has 31 heavy (non-hydrogen) atoms. The van der Waals surface area contributed by atoms with Crippen LogP contribution < -0.4 is 0 Å². The molecule has 0 bridgehead atoms. The van der Waals surface area contributed by atoms with Gasteiger partial charge in [-0.25, -0.2) is 13.8 Å². The number of halogens is 3. The molecule has 0 radical (unpaired) electrons. The summed E-state index contributed by atoms with van der Waals surface area (Å²) >= 11 is 5.80. The molecule has 1 aromatic carbocycles. The lowest BCUT2D eigenvalue weighted by Gasteiger charge is -2.18. The number of hydrogen-bond donors (Lipinski definition) is 0. The molecule has 0 spiro atoms. The first-order valence-electron chi connectivity index (χ1n) is 9.23. The van der Waals surface area contributed by atoms with Crippen molar-refractivity contribution in [3.63, 3.8) is 0 Å². The van der Waals surface area contributed by atoms with Gasteiger partial charge in [0.05, 0.1) is 23.1 Å². The largest absolute Gasteiger partial charge is 0.456 e. The third-order valence-corrected chi connectivity index (χ3v) is 4.87. The zero-order chi connectivity index (χ0) is 22.0. The lowest BCUT2D eigenvalue weighted by atomic mass is 10.1. The summed E-state index contributed by atoms with van der Waals surface area (Å²) in [5, 5.41) is 12.1. The van der Waals surface area contributed by atoms with E-state index in [4.69, 9.17) is 16.0 Å². The van der Waals surface area contributed by atoms with Crippen LogP contribution >= 0.6 is 11.6 Å². The van der Waals surface area contributed by atoms with Crippen LogP contribution in [0.25, 0.3) is 17.4 Å². The summed E-state index contributed by atoms with van der Waals surface area (Å²) in [5.74, 6) is -1.68. The summed E-state index contributed by atoms with van der Waals surface area (Å²) in [6.45, 7) is 1.27. The number of hydrogen-bond acceptors (Lipinski definition) is 6. The Morgan fingerprint density at radius 2 is 2.10 bits per heavy atom. The van der Waals surface area contributed by atoms with E-state index in [1.54, 1.807) is 23.2 Å². The fourth-order valence-corrected chi connectivity index (χ4v) is 3.31. The summed E-state index contributed by atoms with van der Waals surface area (Å²) in [6, 6.07) is 10.0. The number of nitrogens with zero attached hydrogens (tertiary/aromatic N) is 4. The molecule has 0 amide bonds. The third-order valence-electron chi connectivity index (χ3n) is 4.64. The fraction of sp³-hybridized carbons (Fsp3) is 0.143. The highest BCUT2D eigenvalue weighted by Gasteiger charge is 2.29. The molecule has 3 aromatic rings. The molecular weight excluding hydrogens is 430 g/mol. The van der Waals surface area contributed by atoms with Gasteiger partial charge in [-0.3, -0.25) is 15.1 Å². The first-order valence-corrected chi connectivity index (χ1v) is 9.60. The maximum absolute atomic E-state index is 14.0. The number of aromatic nitrogens is 1. The molecule has 0 aliphatic carbocycles. The molecule has 0 unspecified atom stereocenters. The van der Waals surface area contributed by atoms with Crippen molar-refractivity contribution in [2.45, 2.75) is 6.54 Å². The number of aliphatic imine (C=N–C) groups is 1. The van der Waals surface area contributed by atoms with Crippen molar-refractivity contribution in [3.05, 3.63) is 92.6 Å². The van der Waals surface area contributed by atoms with Gasteiger partial charge in [0.2, 0.25) is 5.84 Å². The van der Waals surface area contributed by atoms with Gasteiger partial charge in [-0.15, -0.1) is 0 Å². The predicted octanol–water partition coefficient (Wildman–Crippen LogP) is 4.81. The Bertz CT molecular complexity index is 1190. The van der Waals surface area contributed by atoms with Gasteiger partial charge in [-0.05, 0) is 35.9 Å². The molecule has 0 saturated carbocycles.